The highest BCUT2D eigenvalue weighted by atomic mass is 127. The van der Waals surface area contributed by atoms with Gasteiger partial charge in [-0.2, -0.15) is 0 Å². The second-order valence-corrected chi connectivity index (χ2v) is 3.05. The van der Waals surface area contributed by atoms with E-state index in [1.165, 1.54) is 6.42 Å². The van der Waals surface area contributed by atoms with Gasteiger partial charge in [0.2, 0.25) is 0 Å². The first-order chi connectivity index (χ1) is 7.31. The molecule has 0 aromatic rings. The minimum absolute atomic E-state index is 0. The molecule has 0 fully saturated rings. The molecule has 1 atom stereocenters. The van der Waals surface area contributed by atoms with Crippen molar-refractivity contribution >= 4 is 22.6 Å². The van der Waals surface area contributed by atoms with Crippen LogP contribution in [0.4, 0.5) is 0 Å². The lowest BCUT2D eigenvalue weighted by Crippen LogP contribution is -2.12. The summed E-state index contributed by atoms with van der Waals surface area (Å²) in [5, 5.41) is 3.09. The summed E-state index contributed by atoms with van der Waals surface area (Å²) in [7, 11) is 1.97. The van der Waals surface area contributed by atoms with E-state index in [1.807, 2.05) is 25.8 Å². The van der Waals surface area contributed by atoms with E-state index in [2.05, 4.69) is 41.8 Å². The third kappa shape index (κ3) is 25.2. The number of alkyl halides is 1. The molecule has 0 aromatic heterocycles. The molecule has 1 unspecified atom stereocenters. The number of halogens is 1. The molecule has 98 valence electrons. The maximum absolute atomic E-state index is 5.45. The van der Waals surface area contributed by atoms with E-state index in [-0.39, 0.29) is 1.43 Å². The summed E-state index contributed by atoms with van der Waals surface area (Å²) >= 11 is 2.15. The van der Waals surface area contributed by atoms with Gasteiger partial charge in [-0.15, -0.1) is 0 Å². The highest BCUT2D eigenvalue weighted by Crippen LogP contribution is 2.00. The van der Waals surface area contributed by atoms with Crippen molar-refractivity contribution in [1.82, 2.24) is 5.32 Å². The van der Waals surface area contributed by atoms with E-state index < -0.39 is 0 Å². The summed E-state index contributed by atoms with van der Waals surface area (Å²) in [6.45, 7) is 11.3. The Morgan fingerprint density at radius 2 is 1.87 bits per heavy atom. The zero-order chi connectivity index (χ0) is 12.5. The first kappa shape index (κ1) is 21.0. The Morgan fingerprint density at radius 3 is 2.27 bits per heavy atom. The molecule has 0 rings (SSSR count). The number of hydrogen-bond donors (Lipinski definition) is 1. The molecule has 0 aromatic carbocycles. The van der Waals surface area contributed by atoms with Crippen molar-refractivity contribution < 1.29 is 6.16 Å². The van der Waals surface area contributed by atoms with Crippen LogP contribution in [0.25, 0.3) is 0 Å². The molecule has 0 amide bonds. The van der Waals surface area contributed by atoms with E-state index >= 15 is 0 Å². The smallest absolute Gasteiger partial charge is 0.0491 e. The Hall–Kier alpha value is 0.650. The first-order valence-corrected chi connectivity index (χ1v) is 8.07. The van der Waals surface area contributed by atoms with E-state index in [9.17, 15) is 0 Å². The molecule has 15 heavy (non-hydrogen) atoms. The van der Waals surface area contributed by atoms with Crippen molar-refractivity contribution in [3.8, 4) is 0 Å². The lowest BCUT2D eigenvalue weighted by atomic mass is 10.1. The van der Waals surface area contributed by atoms with Gasteiger partial charge < -0.3 is 10.1 Å². The van der Waals surface area contributed by atoms with Gasteiger partial charge in [0.15, 0.2) is 0 Å². The normalized spacial score (nSPS) is 10.6. The number of hydrogen-bond acceptors (Lipinski definition) is 2. The zero-order valence-corrected chi connectivity index (χ0v) is 13.6. The number of nitrogens with one attached hydrogen (secondary N) is 1. The largest absolute Gasteiger partial charge is 0.381 e. The Balaban J connectivity index is -0.000000129. The molecule has 0 saturated heterocycles. The average Bonchev–Trinajstić information content (AvgIpc) is 2.33. The van der Waals surface area contributed by atoms with Crippen LogP contribution in [0.3, 0.4) is 0 Å². The summed E-state index contributed by atoms with van der Waals surface area (Å²) in [5.41, 5.74) is 0. The fraction of sp³-hybridized carbons (Fsp3) is 1.00. The van der Waals surface area contributed by atoms with Gasteiger partial charge in [0, 0.05) is 14.6 Å². The van der Waals surface area contributed by atoms with Gasteiger partial charge in [-0.3, -0.25) is 0 Å². The van der Waals surface area contributed by atoms with Crippen LogP contribution in [-0.4, -0.2) is 31.7 Å². The summed E-state index contributed by atoms with van der Waals surface area (Å²) in [6.07, 6.45) is 2.33. The van der Waals surface area contributed by atoms with Crippen molar-refractivity contribution in [2.45, 2.75) is 40.5 Å². The fourth-order valence-corrected chi connectivity index (χ4v) is 0.753. The quantitative estimate of drug-likeness (QED) is 0.432. The lowest BCUT2D eigenvalue weighted by molar-refractivity contribution is 0.102. The molecule has 3 heteroatoms. The molecule has 0 aliphatic rings. The minimum atomic E-state index is 0. The molecule has 1 N–H and O–H groups in total. The van der Waals surface area contributed by atoms with Gasteiger partial charge in [-0.25, -0.2) is 0 Å². The van der Waals surface area contributed by atoms with Gasteiger partial charge in [0.1, 0.15) is 0 Å². The van der Waals surface area contributed by atoms with Crippen molar-refractivity contribution in [3.05, 3.63) is 0 Å². The number of ether oxygens (including phenoxy) is 1. The Kier molecular flexibility index (Phi) is 33.7. The van der Waals surface area contributed by atoms with E-state index in [4.69, 9.17) is 4.74 Å². The van der Waals surface area contributed by atoms with Crippen LogP contribution in [0.1, 0.15) is 42.0 Å². The Labute approximate surface area is 112 Å². The van der Waals surface area contributed by atoms with Crippen LogP contribution < -0.4 is 5.32 Å². The van der Waals surface area contributed by atoms with Gasteiger partial charge >= 0.3 is 0 Å². The van der Waals surface area contributed by atoms with Crippen LogP contribution in [0.5, 0.6) is 0 Å². The molecule has 0 aliphatic carbocycles. The van der Waals surface area contributed by atoms with Crippen LogP contribution in [-0.2, 0) is 4.74 Å². The molecule has 0 aliphatic heterocycles. The summed E-state index contributed by atoms with van der Waals surface area (Å²) in [5.74, 6) is 0.713. The monoisotopic (exact) mass is 333 g/mol. The molecular weight excluding hydrogens is 301 g/mol. The predicted molar refractivity (Wildman–Crippen MR) is 82.2 cm³/mol. The summed E-state index contributed by atoms with van der Waals surface area (Å²) in [4.78, 5) is 1.97. The first-order valence-electron chi connectivity index (χ1n) is 5.91. The third-order valence-electron chi connectivity index (χ3n) is 1.81. The van der Waals surface area contributed by atoms with Crippen molar-refractivity contribution in [1.29, 1.82) is 0 Å². The highest BCUT2D eigenvalue weighted by Gasteiger charge is 1.96. The Morgan fingerprint density at radius 1 is 1.33 bits per heavy atom. The van der Waals surface area contributed by atoms with Gasteiger partial charge in [0.05, 0.1) is 0 Å². The van der Waals surface area contributed by atoms with Crippen LogP contribution in [0, 0.1) is 5.92 Å². The number of rotatable bonds is 7. The molecule has 0 heterocycles. The second kappa shape index (κ2) is 24.1. The maximum Gasteiger partial charge on any atom is 0.0491 e. The molecule has 0 radical (unpaired) electrons. The second-order valence-electron chi connectivity index (χ2n) is 3.05. The van der Waals surface area contributed by atoms with Gasteiger partial charge in [-0.05, 0) is 30.9 Å². The van der Waals surface area contributed by atoms with E-state index in [1.54, 1.807) is 0 Å². The molecule has 0 spiro atoms. The van der Waals surface area contributed by atoms with Crippen LogP contribution in [0.2, 0.25) is 0 Å². The fourth-order valence-electron chi connectivity index (χ4n) is 0.753. The topological polar surface area (TPSA) is 21.3 Å². The zero-order valence-electron chi connectivity index (χ0n) is 11.4. The SMILES string of the molecule is CC.CCC(C)COCCCNC.CI.[HH]. The molecular formula is C12H32INO. The Bertz CT molecular complexity index is 87.4. The molecule has 2 nitrogen and oxygen atoms in total. The lowest BCUT2D eigenvalue weighted by Gasteiger charge is -2.08. The van der Waals surface area contributed by atoms with Crippen molar-refractivity contribution in [2.24, 2.45) is 5.92 Å². The highest BCUT2D eigenvalue weighted by molar-refractivity contribution is 14.1. The van der Waals surface area contributed by atoms with Gasteiger partial charge in [-0.1, -0.05) is 56.7 Å². The summed E-state index contributed by atoms with van der Waals surface area (Å²) in [6, 6.07) is 0. The van der Waals surface area contributed by atoms with Crippen LogP contribution in [0.15, 0.2) is 0 Å². The summed E-state index contributed by atoms with van der Waals surface area (Å²) < 4.78 is 5.45. The van der Waals surface area contributed by atoms with E-state index in [0.717, 1.165) is 26.2 Å². The predicted octanol–water partition coefficient (Wildman–Crippen LogP) is 3.98. The van der Waals surface area contributed by atoms with Gasteiger partial charge in [0.25, 0.3) is 0 Å². The maximum atomic E-state index is 5.45. The third-order valence-corrected chi connectivity index (χ3v) is 1.81. The van der Waals surface area contributed by atoms with Crippen molar-refractivity contribution in [2.75, 3.05) is 31.7 Å². The minimum Gasteiger partial charge on any atom is -0.381 e. The molecule has 0 bridgehead atoms. The van der Waals surface area contributed by atoms with Crippen LogP contribution >= 0.6 is 22.6 Å². The standard InChI is InChI=1S/C9H21NO.C2H6.CH3I.H2/c1-4-9(2)8-11-7-5-6-10-3;2*1-2;/h9-10H,4-8H2,1-3H3;1-2H3;1H3;1H. The molecule has 0 saturated carbocycles. The average molecular weight is 333 g/mol. The van der Waals surface area contributed by atoms with Crippen molar-refractivity contribution in [3.63, 3.8) is 0 Å². The van der Waals surface area contributed by atoms with E-state index in [0.29, 0.717) is 5.92 Å².